The van der Waals surface area contributed by atoms with E-state index in [1.54, 1.807) is 0 Å². The summed E-state index contributed by atoms with van der Waals surface area (Å²) in [5.74, 6) is 0. The van der Waals surface area contributed by atoms with Crippen molar-refractivity contribution in [1.82, 2.24) is 0 Å². The molecule has 12 rings (SSSR count). The number of allylic oxidation sites excluding steroid dienone is 4. The molecule has 0 N–H and O–H groups in total. The summed E-state index contributed by atoms with van der Waals surface area (Å²) in [7, 11) is 0. The maximum Gasteiger partial charge on any atom is -0.000740 e. The molecule has 0 saturated heterocycles. The van der Waals surface area contributed by atoms with E-state index in [9.17, 15) is 0 Å². The highest BCUT2D eigenvalue weighted by Crippen LogP contribution is 2.60. The Hall–Kier alpha value is -5.98. The molecular formula is C48H28. The highest BCUT2D eigenvalue weighted by atomic mass is 14.4. The molecular weight excluding hydrogens is 577 g/mol. The molecule has 0 bridgehead atoms. The van der Waals surface area contributed by atoms with E-state index in [-0.39, 0.29) is 0 Å². The third-order valence-electron chi connectivity index (χ3n) is 11.5. The smallest absolute Gasteiger partial charge is 0.000740 e. The van der Waals surface area contributed by atoms with Crippen LogP contribution in [0.5, 0.6) is 0 Å². The lowest BCUT2D eigenvalue weighted by atomic mass is 9.82. The molecule has 0 radical (unpaired) electrons. The van der Waals surface area contributed by atoms with Crippen LogP contribution in [0.4, 0.5) is 0 Å². The van der Waals surface area contributed by atoms with E-state index >= 15 is 0 Å². The summed E-state index contributed by atoms with van der Waals surface area (Å²) in [5.41, 5.74) is 16.3. The van der Waals surface area contributed by atoms with Crippen molar-refractivity contribution in [3.63, 3.8) is 0 Å². The van der Waals surface area contributed by atoms with Gasteiger partial charge in [0.15, 0.2) is 0 Å². The summed E-state index contributed by atoms with van der Waals surface area (Å²) in [5, 5.41) is 13.7. The van der Waals surface area contributed by atoms with E-state index in [0.29, 0.717) is 0 Å². The summed E-state index contributed by atoms with van der Waals surface area (Å²) in [4.78, 5) is 0. The molecule has 9 aromatic carbocycles. The minimum absolute atomic E-state index is 1.13. The van der Waals surface area contributed by atoms with Gasteiger partial charge in [-0.25, -0.2) is 0 Å². The predicted octanol–water partition coefficient (Wildman–Crippen LogP) is 13.4. The van der Waals surface area contributed by atoms with E-state index < -0.39 is 0 Å². The fourth-order valence-corrected chi connectivity index (χ4v) is 9.73. The molecule has 0 spiro atoms. The van der Waals surface area contributed by atoms with Gasteiger partial charge in [-0.15, -0.1) is 0 Å². The normalized spacial score (nSPS) is 14.3. The highest BCUT2D eigenvalue weighted by molar-refractivity contribution is 6.41. The standard InChI is InChI=1S/C48H28/c1-3-11-27(12-4-1)41-31-17-9-10-18-32(31)42(28-13-5-2-6-14-28)48-40-26-24-38-36-22-20-34-30-16-8-7-15-29(30)33-19-21-35(44(36)43(33)34)37-23-25-39(47(41)48)46(40)45(37)38/h1-6,9-26H,7-8H2. The number of benzene rings is 9. The largest absolute Gasteiger partial charge is 0.0757 e. The summed E-state index contributed by atoms with van der Waals surface area (Å²) in [6.45, 7) is 0. The van der Waals surface area contributed by atoms with Crippen LogP contribution in [-0.2, 0) is 0 Å². The molecule has 0 heterocycles. The molecule has 0 unspecified atom stereocenters. The molecule has 0 aliphatic heterocycles. The molecule has 0 nitrogen and oxygen atoms in total. The maximum atomic E-state index is 2.46. The van der Waals surface area contributed by atoms with Gasteiger partial charge >= 0.3 is 0 Å². The summed E-state index contributed by atoms with van der Waals surface area (Å²) >= 11 is 0. The summed E-state index contributed by atoms with van der Waals surface area (Å²) in [6, 6.07) is 50.5. The Bertz CT molecular complexity index is 2760. The van der Waals surface area contributed by atoms with Gasteiger partial charge in [0.05, 0.1) is 0 Å². The first-order chi connectivity index (χ1) is 23.9. The first kappa shape index (κ1) is 25.2. The van der Waals surface area contributed by atoms with Gasteiger partial charge < -0.3 is 0 Å². The van der Waals surface area contributed by atoms with Crippen molar-refractivity contribution in [3.8, 4) is 44.5 Å². The molecule has 0 heteroatoms. The first-order valence-electron chi connectivity index (χ1n) is 17.2. The van der Waals surface area contributed by atoms with Crippen LogP contribution in [0.15, 0.2) is 146 Å². The van der Waals surface area contributed by atoms with Crippen LogP contribution < -0.4 is 0 Å². The van der Waals surface area contributed by atoms with Crippen molar-refractivity contribution in [2.24, 2.45) is 0 Å². The number of rotatable bonds is 2. The van der Waals surface area contributed by atoms with Gasteiger partial charge in [-0.05, 0) is 133 Å². The van der Waals surface area contributed by atoms with Gasteiger partial charge in [0, 0.05) is 0 Å². The Morgan fingerprint density at radius 3 is 1.08 bits per heavy atom. The van der Waals surface area contributed by atoms with Gasteiger partial charge in [0.25, 0.3) is 0 Å². The molecule has 3 aliphatic carbocycles. The van der Waals surface area contributed by atoms with Crippen molar-refractivity contribution in [1.29, 1.82) is 0 Å². The fraction of sp³-hybridized carbons (Fsp3) is 0.0417. The lowest BCUT2D eigenvalue weighted by molar-refractivity contribution is 1.05. The van der Waals surface area contributed by atoms with E-state index in [4.69, 9.17) is 0 Å². The summed E-state index contributed by atoms with van der Waals surface area (Å²) < 4.78 is 0. The average molecular weight is 605 g/mol. The zero-order valence-corrected chi connectivity index (χ0v) is 26.3. The zero-order chi connectivity index (χ0) is 31.1. The second-order valence-electron chi connectivity index (χ2n) is 13.7. The van der Waals surface area contributed by atoms with Gasteiger partial charge in [-0.2, -0.15) is 0 Å². The van der Waals surface area contributed by atoms with Gasteiger partial charge in [0.1, 0.15) is 0 Å². The Morgan fingerprint density at radius 1 is 0.271 bits per heavy atom. The SMILES string of the molecule is C1=C2C(=CCC1)c1ccc3c4ccc5c6c(ccc(c7ccc2c1c73)c64)-c1c-5c(-c2ccccc2)c2ccccc2c1-c1ccccc1. The Morgan fingerprint density at radius 2 is 0.646 bits per heavy atom. The molecule has 9 aromatic rings. The average Bonchev–Trinajstić information content (AvgIpc) is 3.67. The Balaban J connectivity index is 1.28. The zero-order valence-electron chi connectivity index (χ0n) is 26.3. The number of hydrogen-bond acceptors (Lipinski definition) is 0. The monoisotopic (exact) mass is 604 g/mol. The lowest BCUT2D eigenvalue weighted by Gasteiger charge is -2.20. The molecule has 0 atom stereocenters. The van der Waals surface area contributed by atoms with Gasteiger partial charge in [-0.3, -0.25) is 0 Å². The van der Waals surface area contributed by atoms with E-state index in [2.05, 4.69) is 146 Å². The topological polar surface area (TPSA) is 0 Å². The minimum atomic E-state index is 1.13. The fourth-order valence-electron chi connectivity index (χ4n) is 9.73. The van der Waals surface area contributed by atoms with Crippen LogP contribution in [-0.4, -0.2) is 0 Å². The molecule has 220 valence electrons. The van der Waals surface area contributed by atoms with E-state index in [1.807, 2.05) is 0 Å². The summed E-state index contributed by atoms with van der Waals surface area (Å²) in [6.07, 6.45) is 7.17. The molecule has 48 heavy (non-hydrogen) atoms. The van der Waals surface area contributed by atoms with Crippen LogP contribution in [0.25, 0.3) is 110 Å². The highest BCUT2D eigenvalue weighted by Gasteiger charge is 2.33. The third kappa shape index (κ3) is 2.94. The van der Waals surface area contributed by atoms with Crippen LogP contribution >= 0.6 is 0 Å². The van der Waals surface area contributed by atoms with Crippen molar-refractivity contribution in [2.45, 2.75) is 12.8 Å². The van der Waals surface area contributed by atoms with Crippen molar-refractivity contribution in [2.75, 3.05) is 0 Å². The molecule has 3 aliphatic rings. The molecule has 0 amide bonds. The molecule has 0 saturated carbocycles. The number of fused-ring (bicyclic) bond motifs is 9. The van der Waals surface area contributed by atoms with Crippen LogP contribution in [0, 0.1) is 0 Å². The van der Waals surface area contributed by atoms with Crippen molar-refractivity contribution < 1.29 is 0 Å². The quantitative estimate of drug-likeness (QED) is 0.136. The predicted molar refractivity (Wildman–Crippen MR) is 206 cm³/mol. The second kappa shape index (κ2) is 8.88. The maximum absolute atomic E-state index is 2.46. The Labute approximate surface area is 278 Å². The van der Waals surface area contributed by atoms with E-state index in [0.717, 1.165) is 12.8 Å². The van der Waals surface area contributed by atoms with Crippen LogP contribution in [0.1, 0.15) is 24.0 Å². The second-order valence-corrected chi connectivity index (χ2v) is 13.7. The first-order valence-corrected chi connectivity index (χ1v) is 17.2. The molecule has 0 aromatic heterocycles. The van der Waals surface area contributed by atoms with E-state index in [1.165, 1.54) is 121 Å². The minimum Gasteiger partial charge on any atom is -0.0757 e. The lowest BCUT2D eigenvalue weighted by Crippen LogP contribution is -1.93. The molecule has 0 fully saturated rings. The van der Waals surface area contributed by atoms with Gasteiger partial charge in [0.2, 0.25) is 0 Å². The number of hydrogen-bond donors (Lipinski definition) is 0. The van der Waals surface area contributed by atoms with Crippen molar-refractivity contribution in [3.05, 3.63) is 157 Å². The third-order valence-corrected chi connectivity index (χ3v) is 11.5. The van der Waals surface area contributed by atoms with Gasteiger partial charge in [-0.1, -0.05) is 146 Å². The van der Waals surface area contributed by atoms with Crippen molar-refractivity contribution >= 4 is 65.0 Å². The van der Waals surface area contributed by atoms with Crippen LogP contribution in [0.3, 0.4) is 0 Å². The van der Waals surface area contributed by atoms with Crippen LogP contribution in [0.2, 0.25) is 0 Å². The Kier molecular flexibility index (Phi) is 4.65.